The van der Waals surface area contributed by atoms with Gasteiger partial charge in [0, 0.05) is 35.9 Å². The Morgan fingerprint density at radius 2 is 2.04 bits per heavy atom. The summed E-state index contributed by atoms with van der Waals surface area (Å²) >= 11 is 1.46. The van der Waals surface area contributed by atoms with E-state index >= 15 is 0 Å². The molecule has 0 saturated carbocycles. The van der Waals surface area contributed by atoms with Crippen LogP contribution in [0.5, 0.6) is 0 Å². The molecule has 0 spiro atoms. The predicted octanol–water partition coefficient (Wildman–Crippen LogP) is 3.91. The Hall–Kier alpha value is -2.77. The van der Waals surface area contributed by atoms with Crippen LogP contribution in [0.2, 0.25) is 0 Å². The largest absolute Gasteiger partial charge is 0.378 e. The van der Waals surface area contributed by atoms with Gasteiger partial charge in [0.15, 0.2) is 0 Å². The third-order valence-electron chi connectivity index (χ3n) is 4.92. The van der Waals surface area contributed by atoms with E-state index in [1.165, 1.54) is 11.3 Å². The molecule has 1 fully saturated rings. The lowest BCUT2D eigenvalue weighted by Crippen LogP contribution is -2.36. The SMILES string of the molecule is Cc1cccc(NC(=O)c2csc(-c3ccnc(N4CCOCC4)c3)n2)c1C. The van der Waals surface area contributed by atoms with Crippen molar-refractivity contribution in [2.45, 2.75) is 13.8 Å². The third-order valence-corrected chi connectivity index (χ3v) is 5.81. The molecule has 28 heavy (non-hydrogen) atoms. The molecule has 3 aromatic rings. The van der Waals surface area contributed by atoms with Crippen molar-refractivity contribution >= 4 is 28.7 Å². The molecule has 0 unspecified atom stereocenters. The molecule has 7 heteroatoms. The Morgan fingerprint density at radius 1 is 1.21 bits per heavy atom. The highest BCUT2D eigenvalue weighted by Crippen LogP contribution is 2.27. The van der Waals surface area contributed by atoms with Crippen LogP contribution < -0.4 is 10.2 Å². The molecule has 0 atom stereocenters. The highest BCUT2D eigenvalue weighted by Gasteiger charge is 2.16. The molecule has 2 aromatic heterocycles. The van der Waals surface area contributed by atoms with E-state index in [-0.39, 0.29) is 5.91 Å². The molecule has 6 nitrogen and oxygen atoms in total. The van der Waals surface area contributed by atoms with Crippen molar-refractivity contribution in [3.63, 3.8) is 0 Å². The van der Waals surface area contributed by atoms with Crippen LogP contribution >= 0.6 is 11.3 Å². The van der Waals surface area contributed by atoms with Crippen molar-refractivity contribution in [2.24, 2.45) is 0 Å². The first-order valence-electron chi connectivity index (χ1n) is 9.24. The fraction of sp³-hybridized carbons (Fsp3) is 0.286. The van der Waals surface area contributed by atoms with Gasteiger partial charge in [0.2, 0.25) is 0 Å². The van der Waals surface area contributed by atoms with Gasteiger partial charge in [0.1, 0.15) is 16.5 Å². The summed E-state index contributed by atoms with van der Waals surface area (Å²) in [6, 6.07) is 9.83. The average molecular weight is 395 g/mol. The number of aryl methyl sites for hydroxylation is 1. The zero-order valence-electron chi connectivity index (χ0n) is 15.9. The number of morpholine rings is 1. The van der Waals surface area contributed by atoms with Crippen LogP contribution in [0, 0.1) is 13.8 Å². The molecule has 1 aromatic carbocycles. The normalized spacial score (nSPS) is 14.1. The maximum absolute atomic E-state index is 12.6. The van der Waals surface area contributed by atoms with E-state index in [0.717, 1.165) is 46.3 Å². The van der Waals surface area contributed by atoms with Gasteiger partial charge < -0.3 is 15.0 Å². The van der Waals surface area contributed by atoms with Crippen molar-refractivity contribution in [1.29, 1.82) is 0 Å². The second-order valence-corrected chi connectivity index (χ2v) is 7.60. The van der Waals surface area contributed by atoms with Gasteiger partial charge in [-0.15, -0.1) is 11.3 Å². The van der Waals surface area contributed by atoms with Gasteiger partial charge in [0.25, 0.3) is 5.91 Å². The topological polar surface area (TPSA) is 67.4 Å². The number of amides is 1. The van der Waals surface area contributed by atoms with Gasteiger partial charge in [-0.3, -0.25) is 4.79 Å². The molecule has 1 aliphatic heterocycles. The highest BCUT2D eigenvalue weighted by molar-refractivity contribution is 7.13. The maximum atomic E-state index is 12.6. The second kappa shape index (κ2) is 8.08. The van der Waals surface area contributed by atoms with E-state index in [2.05, 4.69) is 20.2 Å². The van der Waals surface area contributed by atoms with Crippen LogP contribution in [-0.2, 0) is 4.74 Å². The molecule has 3 heterocycles. The quantitative estimate of drug-likeness (QED) is 0.727. The van der Waals surface area contributed by atoms with Gasteiger partial charge in [-0.1, -0.05) is 12.1 Å². The summed E-state index contributed by atoms with van der Waals surface area (Å²) in [6.45, 7) is 7.12. The summed E-state index contributed by atoms with van der Waals surface area (Å²) < 4.78 is 5.41. The zero-order valence-corrected chi connectivity index (χ0v) is 16.8. The summed E-state index contributed by atoms with van der Waals surface area (Å²) in [4.78, 5) is 23.9. The van der Waals surface area contributed by atoms with Crippen LogP contribution in [0.15, 0.2) is 41.9 Å². The lowest BCUT2D eigenvalue weighted by molar-refractivity contribution is 0.102. The molecule has 0 radical (unpaired) electrons. The van der Waals surface area contributed by atoms with Gasteiger partial charge >= 0.3 is 0 Å². The van der Waals surface area contributed by atoms with Crippen molar-refractivity contribution in [3.8, 4) is 10.6 Å². The molecular weight excluding hydrogens is 372 g/mol. The molecule has 1 N–H and O–H groups in total. The number of carbonyl (C=O) groups is 1. The monoisotopic (exact) mass is 394 g/mol. The lowest BCUT2D eigenvalue weighted by atomic mass is 10.1. The number of hydrogen-bond donors (Lipinski definition) is 1. The van der Waals surface area contributed by atoms with Crippen molar-refractivity contribution in [2.75, 3.05) is 36.5 Å². The van der Waals surface area contributed by atoms with Gasteiger partial charge in [-0.25, -0.2) is 9.97 Å². The molecule has 0 aliphatic carbocycles. The number of anilines is 2. The Labute approximate surface area is 168 Å². The summed E-state index contributed by atoms with van der Waals surface area (Å²) in [5.41, 5.74) is 4.41. The lowest BCUT2D eigenvalue weighted by Gasteiger charge is -2.27. The average Bonchev–Trinajstić information content (AvgIpc) is 3.23. The van der Waals surface area contributed by atoms with Crippen LogP contribution in [-0.4, -0.2) is 42.2 Å². The van der Waals surface area contributed by atoms with Crippen LogP contribution in [0.4, 0.5) is 11.5 Å². The summed E-state index contributed by atoms with van der Waals surface area (Å²) in [6.07, 6.45) is 1.79. The number of nitrogens with one attached hydrogen (secondary N) is 1. The number of aromatic nitrogens is 2. The van der Waals surface area contributed by atoms with Crippen molar-refractivity contribution in [1.82, 2.24) is 9.97 Å². The first-order valence-corrected chi connectivity index (χ1v) is 10.1. The van der Waals surface area contributed by atoms with Gasteiger partial charge in [-0.05, 0) is 43.2 Å². The van der Waals surface area contributed by atoms with Crippen LogP contribution in [0.25, 0.3) is 10.6 Å². The number of benzene rings is 1. The molecule has 1 saturated heterocycles. The Bertz CT molecular complexity index is 996. The summed E-state index contributed by atoms with van der Waals surface area (Å²) in [7, 11) is 0. The zero-order chi connectivity index (χ0) is 19.5. The standard InChI is InChI=1S/C21H22N4O2S/c1-14-4-3-5-17(15(14)2)23-20(26)18-13-28-21(24-18)16-6-7-22-19(12-16)25-8-10-27-11-9-25/h3-7,12-13H,8-11H2,1-2H3,(H,23,26). The van der Waals surface area contributed by atoms with E-state index in [4.69, 9.17) is 4.74 Å². The van der Waals surface area contributed by atoms with Crippen molar-refractivity contribution in [3.05, 3.63) is 58.7 Å². The molecule has 144 valence electrons. The minimum absolute atomic E-state index is 0.196. The molecule has 0 bridgehead atoms. The number of ether oxygens (including phenoxy) is 1. The van der Waals surface area contributed by atoms with Crippen LogP contribution in [0.1, 0.15) is 21.6 Å². The number of thiazole rings is 1. The molecule has 4 rings (SSSR count). The minimum Gasteiger partial charge on any atom is -0.378 e. The first kappa shape index (κ1) is 18.6. The van der Waals surface area contributed by atoms with E-state index in [1.54, 1.807) is 11.6 Å². The number of rotatable bonds is 4. The fourth-order valence-electron chi connectivity index (χ4n) is 3.10. The molecular formula is C21H22N4O2S. The molecule has 1 aliphatic rings. The van der Waals surface area contributed by atoms with Crippen LogP contribution in [0.3, 0.4) is 0 Å². The summed E-state index contributed by atoms with van der Waals surface area (Å²) in [5, 5.41) is 5.57. The maximum Gasteiger partial charge on any atom is 0.275 e. The number of hydrogen-bond acceptors (Lipinski definition) is 6. The Morgan fingerprint density at radius 3 is 2.86 bits per heavy atom. The third kappa shape index (κ3) is 3.90. The highest BCUT2D eigenvalue weighted by atomic mass is 32.1. The second-order valence-electron chi connectivity index (χ2n) is 6.74. The van der Waals surface area contributed by atoms with E-state index in [9.17, 15) is 4.79 Å². The van der Waals surface area contributed by atoms with E-state index in [0.29, 0.717) is 18.9 Å². The Balaban J connectivity index is 1.52. The predicted molar refractivity (Wildman–Crippen MR) is 112 cm³/mol. The van der Waals surface area contributed by atoms with Gasteiger partial charge in [-0.2, -0.15) is 0 Å². The van der Waals surface area contributed by atoms with E-state index < -0.39 is 0 Å². The first-order chi connectivity index (χ1) is 13.6. The van der Waals surface area contributed by atoms with E-state index in [1.807, 2.05) is 44.2 Å². The van der Waals surface area contributed by atoms with Crippen molar-refractivity contribution < 1.29 is 9.53 Å². The number of nitrogens with zero attached hydrogens (tertiary/aromatic N) is 3. The minimum atomic E-state index is -0.196. The Kier molecular flexibility index (Phi) is 5.36. The number of pyridine rings is 1. The smallest absolute Gasteiger partial charge is 0.275 e. The fourth-order valence-corrected chi connectivity index (χ4v) is 3.90. The van der Waals surface area contributed by atoms with Gasteiger partial charge in [0.05, 0.1) is 13.2 Å². The summed E-state index contributed by atoms with van der Waals surface area (Å²) in [5.74, 6) is 0.719. The molecule has 1 amide bonds. The number of carbonyl (C=O) groups excluding carboxylic acids is 1.